The smallest absolute Gasteiger partial charge is 0.240 e. The van der Waals surface area contributed by atoms with Crippen molar-refractivity contribution in [2.75, 3.05) is 5.32 Å². The zero-order chi connectivity index (χ0) is 20.4. The number of anilines is 1. The second-order valence-corrected chi connectivity index (χ2v) is 9.87. The van der Waals surface area contributed by atoms with Crippen LogP contribution in [0.4, 0.5) is 5.69 Å². The molecule has 1 fully saturated rings. The van der Waals surface area contributed by atoms with Gasteiger partial charge in [0.1, 0.15) is 0 Å². The van der Waals surface area contributed by atoms with Gasteiger partial charge in [-0.2, -0.15) is 0 Å². The molecule has 8 heteroatoms. The van der Waals surface area contributed by atoms with Gasteiger partial charge in [-0.05, 0) is 74.2 Å². The van der Waals surface area contributed by atoms with Crippen molar-refractivity contribution < 1.29 is 8.42 Å². The molecule has 0 saturated heterocycles. The molecule has 0 bridgehead atoms. The number of benzene rings is 2. The van der Waals surface area contributed by atoms with Gasteiger partial charge in [0.2, 0.25) is 10.0 Å². The molecule has 1 aromatic heterocycles. The number of nitrogens with one attached hydrogen (secondary N) is 2. The van der Waals surface area contributed by atoms with Crippen molar-refractivity contribution >= 4 is 49.8 Å². The first kappa shape index (κ1) is 20.4. The molecule has 2 N–H and O–H groups in total. The number of hydrogen-bond donors (Lipinski definition) is 2. The third-order valence-corrected chi connectivity index (χ3v) is 7.26. The number of fused-ring (bicyclic) bond motifs is 1. The standard InChI is InChI=1S/C21H21Cl2N3O2S/c22-14-1-8-18(9-2-14)29(27,28)26-17-6-4-16(5-7-17)25-20-11-12-24-21-13-15(23)3-10-19(20)21/h1-3,8-13,16-17,26H,4-7H2,(H,24,25)/t16-,17+. The summed E-state index contributed by atoms with van der Waals surface area (Å²) in [6, 6.07) is 14.1. The summed E-state index contributed by atoms with van der Waals surface area (Å²) < 4.78 is 28.0. The maximum atomic E-state index is 12.6. The maximum absolute atomic E-state index is 12.6. The first-order chi connectivity index (χ1) is 13.9. The van der Waals surface area contributed by atoms with E-state index in [2.05, 4.69) is 15.0 Å². The number of sulfonamides is 1. The molecule has 1 aliphatic carbocycles. The van der Waals surface area contributed by atoms with Crippen LogP contribution in [0, 0.1) is 0 Å². The Bertz CT molecular complexity index is 1110. The van der Waals surface area contributed by atoms with E-state index >= 15 is 0 Å². The lowest BCUT2D eigenvalue weighted by Gasteiger charge is -2.30. The van der Waals surface area contributed by atoms with Gasteiger partial charge in [0.05, 0.1) is 10.4 Å². The average molecular weight is 450 g/mol. The molecule has 1 heterocycles. The van der Waals surface area contributed by atoms with Gasteiger partial charge in [0, 0.05) is 39.4 Å². The Morgan fingerprint density at radius 3 is 2.24 bits per heavy atom. The van der Waals surface area contributed by atoms with Crippen LogP contribution in [0.1, 0.15) is 25.7 Å². The zero-order valence-electron chi connectivity index (χ0n) is 15.6. The van der Waals surface area contributed by atoms with Crippen molar-refractivity contribution in [1.29, 1.82) is 0 Å². The Labute approximate surface area is 180 Å². The maximum Gasteiger partial charge on any atom is 0.240 e. The molecule has 0 unspecified atom stereocenters. The van der Waals surface area contributed by atoms with Crippen molar-refractivity contribution in [3.63, 3.8) is 0 Å². The summed E-state index contributed by atoms with van der Waals surface area (Å²) in [6.07, 6.45) is 5.09. The molecular formula is C21H21Cl2N3O2S. The Balaban J connectivity index is 1.38. The van der Waals surface area contributed by atoms with Gasteiger partial charge in [0.25, 0.3) is 0 Å². The Morgan fingerprint density at radius 1 is 0.862 bits per heavy atom. The molecule has 5 nitrogen and oxygen atoms in total. The lowest BCUT2D eigenvalue weighted by Crippen LogP contribution is -2.40. The SMILES string of the molecule is O=S(=O)(N[C@H]1CC[C@@H](Nc2ccnc3cc(Cl)ccc23)CC1)c1ccc(Cl)cc1. The van der Waals surface area contributed by atoms with Gasteiger partial charge in [-0.1, -0.05) is 23.2 Å². The lowest BCUT2D eigenvalue weighted by molar-refractivity contribution is 0.387. The molecule has 1 aliphatic rings. The van der Waals surface area contributed by atoms with E-state index in [0.717, 1.165) is 42.3 Å². The molecule has 3 aromatic rings. The summed E-state index contributed by atoms with van der Waals surface area (Å²) in [6.45, 7) is 0. The number of halogens is 2. The summed E-state index contributed by atoms with van der Waals surface area (Å²) in [5, 5.41) is 5.80. The van der Waals surface area contributed by atoms with E-state index in [9.17, 15) is 8.42 Å². The fourth-order valence-electron chi connectivity index (χ4n) is 3.72. The molecule has 2 aromatic carbocycles. The van der Waals surface area contributed by atoms with E-state index in [4.69, 9.17) is 23.2 Å². The van der Waals surface area contributed by atoms with Crippen molar-refractivity contribution in [2.45, 2.75) is 42.7 Å². The Morgan fingerprint density at radius 2 is 1.52 bits per heavy atom. The molecule has 29 heavy (non-hydrogen) atoms. The van der Waals surface area contributed by atoms with Gasteiger partial charge < -0.3 is 5.32 Å². The van der Waals surface area contributed by atoms with Gasteiger partial charge >= 0.3 is 0 Å². The molecule has 0 spiro atoms. The lowest BCUT2D eigenvalue weighted by atomic mass is 9.91. The fraction of sp³-hybridized carbons (Fsp3) is 0.286. The first-order valence-electron chi connectivity index (χ1n) is 9.49. The molecular weight excluding hydrogens is 429 g/mol. The van der Waals surface area contributed by atoms with Crippen molar-refractivity contribution in [3.05, 3.63) is 64.8 Å². The summed E-state index contributed by atoms with van der Waals surface area (Å²) in [5.41, 5.74) is 1.88. The molecule has 0 aliphatic heterocycles. The van der Waals surface area contributed by atoms with Gasteiger partial charge in [-0.25, -0.2) is 13.1 Å². The molecule has 152 valence electrons. The molecule has 1 saturated carbocycles. The zero-order valence-corrected chi connectivity index (χ0v) is 17.9. The minimum atomic E-state index is -3.54. The van der Waals surface area contributed by atoms with E-state index in [-0.39, 0.29) is 17.0 Å². The van der Waals surface area contributed by atoms with Crippen molar-refractivity contribution in [3.8, 4) is 0 Å². The van der Waals surface area contributed by atoms with Crippen LogP contribution >= 0.6 is 23.2 Å². The van der Waals surface area contributed by atoms with Crippen LogP contribution in [0.25, 0.3) is 10.9 Å². The highest BCUT2D eigenvalue weighted by atomic mass is 35.5. The van der Waals surface area contributed by atoms with Crippen LogP contribution in [0.2, 0.25) is 10.0 Å². The molecule has 0 atom stereocenters. The summed E-state index contributed by atoms with van der Waals surface area (Å²) in [5.74, 6) is 0. The van der Waals surface area contributed by atoms with Crippen molar-refractivity contribution in [2.24, 2.45) is 0 Å². The Kier molecular flexibility index (Phi) is 5.97. The predicted molar refractivity (Wildman–Crippen MR) is 118 cm³/mol. The second-order valence-electron chi connectivity index (χ2n) is 7.29. The first-order valence-corrected chi connectivity index (χ1v) is 11.7. The predicted octanol–water partition coefficient (Wildman–Crippen LogP) is 5.24. The van der Waals surface area contributed by atoms with Crippen LogP contribution in [-0.2, 0) is 10.0 Å². The van der Waals surface area contributed by atoms with Crippen LogP contribution in [0.15, 0.2) is 59.6 Å². The monoisotopic (exact) mass is 449 g/mol. The number of rotatable bonds is 5. The Hall–Kier alpha value is -1.86. The highest BCUT2D eigenvalue weighted by Crippen LogP contribution is 2.28. The van der Waals surface area contributed by atoms with E-state index in [1.54, 1.807) is 18.3 Å². The average Bonchev–Trinajstić information content (AvgIpc) is 2.69. The van der Waals surface area contributed by atoms with Crippen molar-refractivity contribution in [1.82, 2.24) is 9.71 Å². The largest absolute Gasteiger partial charge is 0.382 e. The van der Waals surface area contributed by atoms with Crippen LogP contribution in [0.5, 0.6) is 0 Å². The summed E-state index contributed by atoms with van der Waals surface area (Å²) in [4.78, 5) is 4.61. The van der Waals surface area contributed by atoms with Gasteiger partial charge in [0.15, 0.2) is 0 Å². The summed E-state index contributed by atoms with van der Waals surface area (Å²) >= 11 is 11.9. The topological polar surface area (TPSA) is 71.1 Å². The number of pyridine rings is 1. The highest BCUT2D eigenvalue weighted by molar-refractivity contribution is 7.89. The minimum absolute atomic E-state index is 0.0679. The van der Waals surface area contributed by atoms with Crippen LogP contribution in [0.3, 0.4) is 0 Å². The summed E-state index contributed by atoms with van der Waals surface area (Å²) in [7, 11) is -3.54. The highest BCUT2D eigenvalue weighted by Gasteiger charge is 2.26. The van der Waals surface area contributed by atoms with E-state index in [1.165, 1.54) is 12.1 Å². The molecule has 0 amide bonds. The third kappa shape index (κ3) is 4.83. The normalized spacial score (nSPS) is 19.9. The quantitative estimate of drug-likeness (QED) is 0.558. The minimum Gasteiger partial charge on any atom is -0.382 e. The van der Waals surface area contributed by atoms with Crippen LogP contribution in [-0.4, -0.2) is 25.5 Å². The number of hydrogen-bond acceptors (Lipinski definition) is 4. The number of aromatic nitrogens is 1. The van der Waals surface area contributed by atoms with Gasteiger partial charge in [-0.3, -0.25) is 4.98 Å². The van der Waals surface area contributed by atoms with E-state index < -0.39 is 10.0 Å². The van der Waals surface area contributed by atoms with Gasteiger partial charge in [-0.15, -0.1) is 0 Å². The molecule has 4 rings (SSSR count). The van der Waals surface area contributed by atoms with E-state index in [0.29, 0.717) is 10.0 Å². The van der Waals surface area contributed by atoms with Crippen LogP contribution < -0.4 is 10.0 Å². The second kappa shape index (κ2) is 8.48. The van der Waals surface area contributed by atoms with E-state index in [1.807, 2.05) is 24.3 Å². The third-order valence-electron chi connectivity index (χ3n) is 5.24. The number of nitrogens with zero attached hydrogens (tertiary/aromatic N) is 1. The fourth-order valence-corrected chi connectivity index (χ4v) is 5.32. The molecule has 0 radical (unpaired) electrons.